The Morgan fingerprint density at radius 3 is 2.58 bits per heavy atom. The summed E-state index contributed by atoms with van der Waals surface area (Å²) in [6, 6.07) is -0.299. The van der Waals surface area contributed by atoms with Crippen LogP contribution in [-0.2, 0) is 0 Å². The summed E-state index contributed by atoms with van der Waals surface area (Å²) in [6.45, 7) is 4.71. The van der Waals surface area contributed by atoms with E-state index in [-0.39, 0.29) is 6.04 Å². The molecule has 1 aliphatic rings. The maximum absolute atomic E-state index is 12.0. The molecule has 2 atom stereocenters. The first-order chi connectivity index (χ1) is 8.74. The second kappa shape index (κ2) is 6.45. The average Bonchev–Trinajstić information content (AvgIpc) is 2.34. The minimum atomic E-state index is -4.37. The summed E-state index contributed by atoms with van der Waals surface area (Å²) in [5.41, 5.74) is 0. The van der Waals surface area contributed by atoms with Crippen molar-refractivity contribution in [2.75, 3.05) is 26.7 Å². The van der Waals surface area contributed by atoms with Gasteiger partial charge in [-0.25, -0.2) is 4.79 Å². The molecule has 0 aliphatic carbocycles. The Labute approximate surface area is 111 Å². The standard InChI is InChI=1S/C12H22F3N3O/c1-4-18-6-5-10(7-9(18)2)17(3)11(19)16-8-12(13,14)15/h9-10H,4-8H2,1-3H3,(H,16,19). The molecule has 0 spiro atoms. The summed E-state index contributed by atoms with van der Waals surface area (Å²) in [4.78, 5) is 15.3. The third-order valence-electron chi connectivity index (χ3n) is 3.70. The highest BCUT2D eigenvalue weighted by atomic mass is 19.4. The zero-order chi connectivity index (χ0) is 14.6. The van der Waals surface area contributed by atoms with E-state index in [2.05, 4.69) is 18.7 Å². The Morgan fingerprint density at radius 1 is 1.47 bits per heavy atom. The summed E-state index contributed by atoms with van der Waals surface area (Å²) in [7, 11) is 1.56. The topological polar surface area (TPSA) is 35.6 Å². The minimum Gasteiger partial charge on any atom is -0.329 e. The Kier molecular flexibility index (Phi) is 5.46. The fourth-order valence-electron chi connectivity index (χ4n) is 2.48. The number of carbonyl (C=O) groups excluding carboxylic acids is 1. The molecule has 7 heteroatoms. The van der Waals surface area contributed by atoms with Gasteiger partial charge in [-0.3, -0.25) is 0 Å². The lowest BCUT2D eigenvalue weighted by atomic mass is 9.97. The highest BCUT2D eigenvalue weighted by Crippen LogP contribution is 2.21. The van der Waals surface area contributed by atoms with Crippen molar-refractivity contribution in [3.63, 3.8) is 0 Å². The van der Waals surface area contributed by atoms with E-state index in [1.165, 1.54) is 4.90 Å². The zero-order valence-electron chi connectivity index (χ0n) is 11.6. The van der Waals surface area contributed by atoms with E-state index in [0.717, 1.165) is 25.9 Å². The molecule has 2 amide bonds. The molecule has 0 aromatic rings. The predicted molar refractivity (Wildman–Crippen MR) is 66.9 cm³/mol. The van der Waals surface area contributed by atoms with Crippen molar-refractivity contribution >= 4 is 6.03 Å². The van der Waals surface area contributed by atoms with Gasteiger partial charge in [-0.05, 0) is 26.3 Å². The van der Waals surface area contributed by atoms with Crippen molar-refractivity contribution in [1.82, 2.24) is 15.1 Å². The number of likely N-dealkylation sites (tertiary alicyclic amines) is 1. The normalized spacial score (nSPS) is 25.2. The first-order valence-corrected chi connectivity index (χ1v) is 6.56. The first kappa shape index (κ1) is 16.1. The molecule has 1 saturated heterocycles. The molecule has 0 saturated carbocycles. The van der Waals surface area contributed by atoms with Crippen molar-refractivity contribution < 1.29 is 18.0 Å². The predicted octanol–water partition coefficient (Wildman–Crippen LogP) is 2.06. The summed E-state index contributed by atoms with van der Waals surface area (Å²) >= 11 is 0. The summed E-state index contributed by atoms with van der Waals surface area (Å²) in [5, 5.41) is 1.91. The number of nitrogens with zero attached hydrogens (tertiary/aromatic N) is 2. The molecule has 2 unspecified atom stereocenters. The Balaban J connectivity index is 2.45. The number of nitrogens with one attached hydrogen (secondary N) is 1. The van der Waals surface area contributed by atoms with E-state index in [1.807, 2.05) is 5.32 Å². The van der Waals surface area contributed by atoms with Gasteiger partial charge >= 0.3 is 12.2 Å². The molecule has 0 aromatic heterocycles. The molecule has 112 valence electrons. The first-order valence-electron chi connectivity index (χ1n) is 6.56. The number of alkyl halides is 3. The van der Waals surface area contributed by atoms with Crippen molar-refractivity contribution in [1.29, 1.82) is 0 Å². The van der Waals surface area contributed by atoms with E-state index in [1.54, 1.807) is 7.05 Å². The van der Waals surface area contributed by atoms with E-state index in [9.17, 15) is 18.0 Å². The second-order valence-electron chi connectivity index (χ2n) is 5.04. The average molecular weight is 281 g/mol. The van der Waals surface area contributed by atoms with Gasteiger partial charge in [0.25, 0.3) is 0 Å². The summed E-state index contributed by atoms with van der Waals surface area (Å²) in [5.74, 6) is 0. The van der Waals surface area contributed by atoms with Crippen molar-refractivity contribution in [2.45, 2.75) is 44.9 Å². The second-order valence-corrected chi connectivity index (χ2v) is 5.04. The smallest absolute Gasteiger partial charge is 0.329 e. The number of hydrogen-bond donors (Lipinski definition) is 1. The van der Waals surface area contributed by atoms with Crippen LogP contribution in [0.4, 0.5) is 18.0 Å². The molecule has 1 rings (SSSR count). The fraction of sp³-hybridized carbons (Fsp3) is 0.917. The van der Waals surface area contributed by atoms with Crippen LogP contribution < -0.4 is 5.32 Å². The molecular weight excluding hydrogens is 259 g/mol. The van der Waals surface area contributed by atoms with Gasteiger partial charge in [0.1, 0.15) is 6.54 Å². The van der Waals surface area contributed by atoms with Gasteiger partial charge in [0.2, 0.25) is 0 Å². The quantitative estimate of drug-likeness (QED) is 0.859. The number of urea groups is 1. The molecule has 0 bridgehead atoms. The third kappa shape index (κ3) is 4.89. The van der Waals surface area contributed by atoms with Crippen LogP contribution in [0.1, 0.15) is 26.7 Å². The van der Waals surface area contributed by atoms with E-state index < -0.39 is 18.8 Å². The van der Waals surface area contributed by atoms with Gasteiger partial charge in [-0.1, -0.05) is 6.92 Å². The van der Waals surface area contributed by atoms with Crippen LogP contribution in [0.25, 0.3) is 0 Å². The fourth-order valence-corrected chi connectivity index (χ4v) is 2.48. The number of halogens is 3. The van der Waals surface area contributed by atoms with Crippen LogP contribution in [-0.4, -0.2) is 60.8 Å². The van der Waals surface area contributed by atoms with Crippen LogP contribution in [0.2, 0.25) is 0 Å². The third-order valence-corrected chi connectivity index (χ3v) is 3.70. The zero-order valence-corrected chi connectivity index (χ0v) is 11.6. The maximum Gasteiger partial charge on any atom is 0.405 e. The molecule has 4 nitrogen and oxygen atoms in total. The Hall–Kier alpha value is -0.980. The molecule has 1 fully saturated rings. The van der Waals surface area contributed by atoms with Crippen LogP contribution in [0.5, 0.6) is 0 Å². The van der Waals surface area contributed by atoms with Gasteiger partial charge in [-0.2, -0.15) is 13.2 Å². The van der Waals surface area contributed by atoms with E-state index in [4.69, 9.17) is 0 Å². The number of carbonyl (C=O) groups is 1. The van der Waals surface area contributed by atoms with Crippen molar-refractivity contribution in [2.24, 2.45) is 0 Å². The molecule has 0 radical (unpaired) electrons. The van der Waals surface area contributed by atoms with Gasteiger partial charge in [-0.15, -0.1) is 0 Å². The monoisotopic (exact) mass is 281 g/mol. The molecule has 1 heterocycles. The SMILES string of the molecule is CCN1CCC(N(C)C(=O)NCC(F)(F)F)CC1C. The van der Waals surface area contributed by atoms with E-state index >= 15 is 0 Å². The number of piperidine rings is 1. The van der Waals surface area contributed by atoms with E-state index in [0.29, 0.717) is 6.04 Å². The molecule has 1 N–H and O–H groups in total. The van der Waals surface area contributed by atoms with Crippen molar-refractivity contribution in [3.05, 3.63) is 0 Å². The van der Waals surface area contributed by atoms with Crippen LogP contribution >= 0.6 is 0 Å². The van der Waals surface area contributed by atoms with Gasteiger partial charge in [0, 0.05) is 25.7 Å². The van der Waals surface area contributed by atoms with Crippen LogP contribution in [0, 0.1) is 0 Å². The molecular formula is C12H22F3N3O. The van der Waals surface area contributed by atoms with Crippen molar-refractivity contribution in [3.8, 4) is 0 Å². The number of rotatable bonds is 3. The Morgan fingerprint density at radius 2 is 2.11 bits per heavy atom. The number of amides is 2. The highest BCUT2D eigenvalue weighted by molar-refractivity contribution is 5.74. The lowest BCUT2D eigenvalue weighted by Gasteiger charge is -2.40. The lowest BCUT2D eigenvalue weighted by molar-refractivity contribution is -0.123. The largest absolute Gasteiger partial charge is 0.405 e. The molecule has 0 aromatic carbocycles. The van der Waals surface area contributed by atoms with Gasteiger partial charge in [0.05, 0.1) is 0 Å². The molecule has 19 heavy (non-hydrogen) atoms. The summed E-state index contributed by atoms with van der Waals surface area (Å²) in [6.07, 6.45) is -2.77. The highest BCUT2D eigenvalue weighted by Gasteiger charge is 2.32. The van der Waals surface area contributed by atoms with Gasteiger partial charge in [0.15, 0.2) is 0 Å². The minimum absolute atomic E-state index is 0.00559. The lowest BCUT2D eigenvalue weighted by Crippen LogP contribution is -2.52. The maximum atomic E-state index is 12.0. The summed E-state index contributed by atoms with van der Waals surface area (Å²) < 4.78 is 36.1. The Bertz CT molecular complexity index is 309. The molecule has 1 aliphatic heterocycles. The number of hydrogen-bond acceptors (Lipinski definition) is 2. The van der Waals surface area contributed by atoms with Crippen LogP contribution in [0.15, 0.2) is 0 Å². The van der Waals surface area contributed by atoms with Crippen LogP contribution in [0.3, 0.4) is 0 Å². The van der Waals surface area contributed by atoms with Gasteiger partial charge < -0.3 is 15.1 Å².